The summed E-state index contributed by atoms with van der Waals surface area (Å²) in [6, 6.07) is 44.4. The average molecular weight is 711 g/mol. The molecule has 5 aromatic carbocycles. The Labute approximate surface area is 308 Å². The lowest BCUT2D eigenvalue weighted by atomic mass is 9.77. The third kappa shape index (κ3) is 7.31. The SMILES string of the molecule is CC1(C)O[C@@H]([C@H](CCC(=O)NC(c2ccccc2)(c2ccccc2)c2ccccc2)NC(=O)OCC2c3ccccc3-c3ccccc32)[C@@H](C(=O)O)O1. The molecule has 0 radical (unpaired) electrons. The third-order valence-electron chi connectivity index (χ3n) is 10.0. The molecule has 0 unspecified atom stereocenters. The number of nitrogens with one attached hydrogen (secondary N) is 2. The molecule has 9 heteroatoms. The van der Waals surface area contributed by atoms with Crippen molar-refractivity contribution in [2.24, 2.45) is 0 Å². The molecule has 9 nitrogen and oxygen atoms in total. The first-order valence-electron chi connectivity index (χ1n) is 17.8. The fraction of sp³-hybridized carbons (Fsp3) is 0.250. The lowest BCUT2D eigenvalue weighted by molar-refractivity contribution is -0.166. The monoisotopic (exact) mass is 710 g/mol. The van der Waals surface area contributed by atoms with Gasteiger partial charge in [0.25, 0.3) is 0 Å². The number of fused-ring (bicyclic) bond motifs is 3. The highest BCUT2D eigenvalue weighted by Gasteiger charge is 2.49. The molecule has 270 valence electrons. The molecule has 2 aliphatic rings. The third-order valence-corrected chi connectivity index (χ3v) is 10.0. The topological polar surface area (TPSA) is 123 Å². The minimum atomic E-state index is -1.39. The van der Waals surface area contributed by atoms with Gasteiger partial charge in [0.15, 0.2) is 11.9 Å². The summed E-state index contributed by atoms with van der Waals surface area (Å²) in [4.78, 5) is 40.2. The fourth-order valence-electron chi connectivity index (χ4n) is 7.72. The van der Waals surface area contributed by atoms with Gasteiger partial charge in [0, 0.05) is 12.3 Å². The van der Waals surface area contributed by atoms with Crippen LogP contribution in [0.2, 0.25) is 0 Å². The quantitative estimate of drug-likeness (QED) is 0.116. The molecule has 0 aromatic heterocycles. The maximum atomic E-state index is 14.2. The zero-order chi connectivity index (χ0) is 37.0. The van der Waals surface area contributed by atoms with Gasteiger partial charge in [-0.25, -0.2) is 9.59 Å². The molecular formula is C44H42N2O7. The molecule has 1 heterocycles. The maximum absolute atomic E-state index is 14.2. The van der Waals surface area contributed by atoms with Gasteiger partial charge < -0.3 is 30.0 Å². The molecule has 3 atom stereocenters. The fourth-order valence-corrected chi connectivity index (χ4v) is 7.72. The number of hydrogen-bond donors (Lipinski definition) is 3. The van der Waals surface area contributed by atoms with Crippen LogP contribution in [-0.2, 0) is 29.3 Å². The van der Waals surface area contributed by atoms with Crippen LogP contribution in [0.15, 0.2) is 140 Å². The summed E-state index contributed by atoms with van der Waals surface area (Å²) in [6.07, 6.45) is -3.27. The van der Waals surface area contributed by atoms with Gasteiger partial charge in [-0.3, -0.25) is 4.79 Å². The average Bonchev–Trinajstić information content (AvgIpc) is 3.69. The Bertz CT molecular complexity index is 1930. The van der Waals surface area contributed by atoms with Crippen molar-refractivity contribution in [2.45, 2.75) is 62.2 Å². The lowest BCUT2D eigenvalue weighted by Crippen LogP contribution is -2.51. The van der Waals surface area contributed by atoms with Crippen molar-refractivity contribution in [2.75, 3.05) is 6.61 Å². The van der Waals surface area contributed by atoms with Gasteiger partial charge in [-0.15, -0.1) is 0 Å². The second kappa shape index (κ2) is 15.1. The van der Waals surface area contributed by atoms with Crippen LogP contribution in [0.3, 0.4) is 0 Å². The zero-order valence-corrected chi connectivity index (χ0v) is 29.6. The van der Waals surface area contributed by atoms with Gasteiger partial charge in [0.05, 0.1) is 6.04 Å². The molecule has 53 heavy (non-hydrogen) atoms. The summed E-state index contributed by atoms with van der Waals surface area (Å²) in [5.74, 6) is -2.96. The Morgan fingerprint density at radius 1 is 0.717 bits per heavy atom. The number of carbonyl (C=O) groups is 3. The van der Waals surface area contributed by atoms with Gasteiger partial charge in [-0.1, -0.05) is 140 Å². The van der Waals surface area contributed by atoms with E-state index in [2.05, 4.69) is 22.8 Å². The molecule has 2 amide bonds. The number of amides is 2. The number of alkyl carbamates (subject to hydrolysis) is 1. The van der Waals surface area contributed by atoms with E-state index >= 15 is 0 Å². The minimum absolute atomic E-state index is 0.0400. The second-order valence-electron chi connectivity index (χ2n) is 13.9. The molecule has 3 N–H and O–H groups in total. The number of ether oxygens (including phenoxy) is 3. The van der Waals surface area contributed by atoms with Crippen molar-refractivity contribution >= 4 is 18.0 Å². The first kappa shape index (κ1) is 35.6. The van der Waals surface area contributed by atoms with Crippen molar-refractivity contribution in [1.29, 1.82) is 0 Å². The number of carboxylic acids is 1. The predicted molar refractivity (Wildman–Crippen MR) is 200 cm³/mol. The number of carbonyl (C=O) groups excluding carboxylic acids is 2. The molecule has 0 saturated carbocycles. The molecule has 0 spiro atoms. The Balaban J connectivity index is 1.14. The van der Waals surface area contributed by atoms with E-state index in [0.29, 0.717) is 0 Å². The van der Waals surface area contributed by atoms with E-state index < -0.39 is 41.6 Å². The summed E-state index contributed by atoms with van der Waals surface area (Å²) in [5, 5.41) is 16.3. The first-order chi connectivity index (χ1) is 25.7. The summed E-state index contributed by atoms with van der Waals surface area (Å²) in [6.45, 7) is 3.30. The van der Waals surface area contributed by atoms with Crippen molar-refractivity contribution in [3.63, 3.8) is 0 Å². The summed E-state index contributed by atoms with van der Waals surface area (Å²) in [5.41, 5.74) is 5.86. The molecule has 1 fully saturated rings. The van der Waals surface area contributed by atoms with Crippen molar-refractivity contribution < 1.29 is 33.7 Å². The van der Waals surface area contributed by atoms with Gasteiger partial charge in [-0.05, 0) is 59.2 Å². The molecule has 0 bridgehead atoms. The van der Waals surface area contributed by atoms with Gasteiger partial charge in [0.2, 0.25) is 5.91 Å². The zero-order valence-electron chi connectivity index (χ0n) is 29.6. The van der Waals surface area contributed by atoms with E-state index in [1.807, 2.05) is 127 Å². The Morgan fingerprint density at radius 2 is 1.19 bits per heavy atom. The minimum Gasteiger partial charge on any atom is -0.479 e. The molecular weight excluding hydrogens is 668 g/mol. The van der Waals surface area contributed by atoms with Crippen LogP contribution in [-0.4, -0.2) is 53.7 Å². The second-order valence-corrected chi connectivity index (χ2v) is 13.9. The van der Waals surface area contributed by atoms with Crippen molar-refractivity contribution in [3.05, 3.63) is 167 Å². The Hall–Kier alpha value is -5.77. The highest BCUT2D eigenvalue weighted by molar-refractivity contribution is 5.80. The lowest BCUT2D eigenvalue weighted by Gasteiger charge is -2.37. The van der Waals surface area contributed by atoms with Crippen LogP contribution in [0.4, 0.5) is 4.79 Å². The number of rotatable bonds is 12. The molecule has 1 aliphatic carbocycles. The number of aliphatic carboxylic acids is 1. The van der Waals surface area contributed by atoms with Crippen LogP contribution in [0, 0.1) is 0 Å². The van der Waals surface area contributed by atoms with Gasteiger partial charge in [0.1, 0.15) is 18.2 Å². The predicted octanol–water partition coefficient (Wildman–Crippen LogP) is 7.39. The summed E-state index contributed by atoms with van der Waals surface area (Å²) < 4.78 is 17.7. The van der Waals surface area contributed by atoms with Gasteiger partial charge >= 0.3 is 12.1 Å². The van der Waals surface area contributed by atoms with Crippen molar-refractivity contribution in [1.82, 2.24) is 10.6 Å². The van der Waals surface area contributed by atoms with E-state index in [4.69, 9.17) is 14.2 Å². The van der Waals surface area contributed by atoms with E-state index in [1.54, 1.807) is 13.8 Å². The standard InChI is InChI=1S/C44H42N2O7/c1-43(2)52-39(40(53-43)41(48)49)37(45-42(50)51-28-36-34-24-14-12-22-32(34)33-23-13-15-25-35(33)36)26-27-38(47)46-44(29-16-6-3-7-17-29,30-18-8-4-9-19-30)31-20-10-5-11-21-31/h3-25,36-37,39-40H,26-28H2,1-2H3,(H,45,50)(H,46,47)(H,48,49)/t37-,39-,40-/m0/s1. The van der Waals surface area contributed by atoms with Crippen LogP contribution >= 0.6 is 0 Å². The maximum Gasteiger partial charge on any atom is 0.407 e. The highest BCUT2D eigenvalue weighted by Crippen LogP contribution is 2.44. The number of carboxylic acid groups (broad SMARTS) is 1. The van der Waals surface area contributed by atoms with Crippen molar-refractivity contribution in [3.8, 4) is 11.1 Å². The molecule has 1 aliphatic heterocycles. The first-order valence-corrected chi connectivity index (χ1v) is 17.8. The van der Waals surface area contributed by atoms with E-state index in [0.717, 1.165) is 38.9 Å². The van der Waals surface area contributed by atoms with E-state index in [1.165, 1.54) is 0 Å². The van der Waals surface area contributed by atoms with Crippen LogP contribution in [0.25, 0.3) is 11.1 Å². The van der Waals surface area contributed by atoms with E-state index in [9.17, 15) is 19.5 Å². The normalized spacial score (nSPS) is 18.0. The summed E-state index contributed by atoms with van der Waals surface area (Å²) >= 11 is 0. The van der Waals surface area contributed by atoms with Crippen LogP contribution < -0.4 is 10.6 Å². The number of hydrogen-bond acceptors (Lipinski definition) is 6. The molecule has 5 aromatic rings. The van der Waals surface area contributed by atoms with E-state index in [-0.39, 0.29) is 31.3 Å². The number of benzene rings is 5. The Morgan fingerprint density at radius 3 is 1.68 bits per heavy atom. The van der Waals surface area contributed by atoms with Crippen LogP contribution in [0.5, 0.6) is 0 Å². The largest absolute Gasteiger partial charge is 0.479 e. The summed E-state index contributed by atoms with van der Waals surface area (Å²) in [7, 11) is 0. The smallest absolute Gasteiger partial charge is 0.407 e. The highest BCUT2D eigenvalue weighted by atomic mass is 16.8. The van der Waals surface area contributed by atoms with Crippen LogP contribution in [0.1, 0.15) is 60.4 Å². The molecule has 7 rings (SSSR count). The molecule has 1 saturated heterocycles. The Kier molecular flexibility index (Phi) is 10.1. The van der Waals surface area contributed by atoms with Gasteiger partial charge in [-0.2, -0.15) is 0 Å².